The molecule has 2 atom stereocenters. The van der Waals surface area contributed by atoms with E-state index in [4.69, 9.17) is 16.3 Å². The molecule has 0 saturated carbocycles. The van der Waals surface area contributed by atoms with Crippen molar-refractivity contribution in [2.24, 2.45) is 0 Å². The number of alkyl halides is 1. The van der Waals surface area contributed by atoms with Crippen molar-refractivity contribution in [3.63, 3.8) is 0 Å². The van der Waals surface area contributed by atoms with E-state index in [9.17, 15) is 14.4 Å². The Hall–Kier alpha value is -1.30. The summed E-state index contributed by atoms with van der Waals surface area (Å²) >= 11 is 5.52. The highest BCUT2D eigenvalue weighted by molar-refractivity contribution is 6.17. The number of nitrogens with one attached hydrogen (secondary N) is 2. The van der Waals surface area contributed by atoms with E-state index in [2.05, 4.69) is 10.6 Å². The van der Waals surface area contributed by atoms with Crippen molar-refractivity contribution in [1.29, 1.82) is 0 Å². The Morgan fingerprint density at radius 3 is 2.86 bits per heavy atom. The van der Waals surface area contributed by atoms with Crippen molar-refractivity contribution in [3.05, 3.63) is 0 Å². The third-order valence-electron chi connectivity index (χ3n) is 3.31. The fourth-order valence-corrected chi connectivity index (χ4v) is 2.26. The molecule has 0 aromatic heterocycles. The Balaban J connectivity index is 2.14. The maximum absolute atomic E-state index is 11.7. The summed E-state index contributed by atoms with van der Waals surface area (Å²) in [7, 11) is 0. The molecule has 0 aliphatic carbocycles. The minimum Gasteiger partial charge on any atom is -0.464 e. The van der Waals surface area contributed by atoms with Gasteiger partial charge in [-0.25, -0.2) is 4.79 Å². The fraction of sp³-hybridized carbons (Fsp3) is 0.786. The molecule has 1 rings (SSSR count). The lowest BCUT2D eigenvalue weighted by atomic mass is 10.1. The zero-order valence-electron chi connectivity index (χ0n) is 12.3. The Morgan fingerprint density at radius 2 is 2.24 bits per heavy atom. The summed E-state index contributed by atoms with van der Waals surface area (Å²) in [6.45, 7) is 1.92. The lowest BCUT2D eigenvalue weighted by Gasteiger charge is -2.14. The lowest BCUT2D eigenvalue weighted by Crippen LogP contribution is -2.40. The van der Waals surface area contributed by atoms with E-state index in [-0.39, 0.29) is 24.3 Å². The quantitative estimate of drug-likeness (QED) is 0.379. The van der Waals surface area contributed by atoms with Crippen LogP contribution in [0.25, 0.3) is 0 Å². The predicted molar refractivity (Wildman–Crippen MR) is 78.9 cm³/mol. The SMILES string of the molecule is C[C@H](NC(=O)CCC1CCC(=O)N1)C(=O)OCCCCCl. The minimum atomic E-state index is -0.660. The zero-order valence-corrected chi connectivity index (χ0v) is 13.1. The van der Waals surface area contributed by atoms with E-state index < -0.39 is 12.0 Å². The third kappa shape index (κ3) is 7.32. The number of esters is 1. The number of halogens is 1. The van der Waals surface area contributed by atoms with Crippen molar-refractivity contribution in [2.45, 2.75) is 57.5 Å². The van der Waals surface area contributed by atoms with E-state index in [1.165, 1.54) is 0 Å². The number of carbonyl (C=O) groups is 3. The first kappa shape index (κ1) is 17.8. The molecule has 0 spiro atoms. The van der Waals surface area contributed by atoms with Crippen LogP contribution >= 0.6 is 11.6 Å². The molecule has 0 bridgehead atoms. The predicted octanol–water partition coefficient (Wildman–Crippen LogP) is 1.11. The van der Waals surface area contributed by atoms with Gasteiger partial charge in [0.1, 0.15) is 6.04 Å². The van der Waals surface area contributed by atoms with E-state index in [0.29, 0.717) is 25.3 Å². The molecule has 6 nitrogen and oxygen atoms in total. The van der Waals surface area contributed by atoms with Gasteiger partial charge in [-0.05, 0) is 32.6 Å². The number of carbonyl (C=O) groups excluding carboxylic acids is 3. The Bertz CT molecular complexity index is 376. The summed E-state index contributed by atoms with van der Waals surface area (Å²) < 4.78 is 5.03. The lowest BCUT2D eigenvalue weighted by molar-refractivity contribution is -0.147. The van der Waals surface area contributed by atoms with Crippen LogP contribution in [0.4, 0.5) is 0 Å². The summed E-state index contributed by atoms with van der Waals surface area (Å²) in [5.41, 5.74) is 0. The van der Waals surface area contributed by atoms with E-state index in [1.54, 1.807) is 6.92 Å². The van der Waals surface area contributed by atoms with E-state index in [0.717, 1.165) is 19.3 Å². The molecule has 1 fully saturated rings. The van der Waals surface area contributed by atoms with E-state index in [1.807, 2.05) is 0 Å². The smallest absolute Gasteiger partial charge is 0.328 e. The van der Waals surface area contributed by atoms with Gasteiger partial charge in [-0.2, -0.15) is 0 Å². The van der Waals surface area contributed by atoms with Crippen molar-refractivity contribution < 1.29 is 19.1 Å². The van der Waals surface area contributed by atoms with Gasteiger partial charge in [-0.1, -0.05) is 0 Å². The third-order valence-corrected chi connectivity index (χ3v) is 3.58. The average molecular weight is 319 g/mol. The van der Waals surface area contributed by atoms with E-state index >= 15 is 0 Å². The van der Waals surface area contributed by atoms with Crippen LogP contribution in [-0.4, -0.2) is 42.4 Å². The number of ether oxygens (including phenoxy) is 1. The van der Waals surface area contributed by atoms with Gasteiger partial charge in [-0.15, -0.1) is 11.6 Å². The first-order valence-electron chi connectivity index (χ1n) is 7.34. The molecule has 120 valence electrons. The molecule has 0 aromatic rings. The normalized spacial score (nSPS) is 19.0. The maximum atomic E-state index is 11.7. The summed E-state index contributed by atoms with van der Waals surface area (Å²) in [4.78, 5) is 34.4. The van der Waals surface area contributed by atoms with Gasteiger partial charge in [0.2, 0.25) is 11.8 Å². The van der Waals surface area contributed by atoms with Crippen LogP contribution in [0.5, 0.6) is 0 Å². The highest BCUT2D eigenvalue weighted by atomic mass is 35.5. The van der Waals surface area contributed by atoms with Gasteiger partial charge in [-0.3, -0.25) is 9.59 Å². The molecule has 2 N–H and O–H groups in total. The van der Waals surface area contributed by atoms with Crippen molar-refractivity contribution in [1.82, 2.24) is 10.6 Å². The van der Waals surface area contributed by atoms with Crippen LogP contribution in [0.3, 0.4) is 0 Å². The highest BCUT2D eigenvalue weighted by Crippen LogP contribution is 2.11. The number of hydrogen-bond donors (Lipinski definition) is 2. The van der Waals surface area contributed by atoms with Gasteiger partial charge in [0.15, 0.2) is 0 Å². The molecule has 1 aliphatic heterocycles. The summed E-state index contributed by atoms with van der Waals surface area (Å²) in [5.74, 6) is -0.0654. The topological polar surface area (TPSA) is 84.5 Å². The van der Waals surface area contributed by atoms with Crippen LogP contribution in [-0.2, 0) is 19.1 Å². The number of unbranched alkanes of at least 4 members (excludes halogenated alkanes) is 1. The van der Waals surface area contributed by atoms with Crippen LogP contribution in [0.15, 0.2) is 0 Å². The molecule has 1 saturated heterocycles. The molecule has 7 heteroatoms. The molecule has 1 unspecified atom stereocenters. The maximum Gasteiger partial charge on any atom is 0.328 e. The van der Waals surface area contributed by atoms with Crippen LogP contribution in [0, 0.1) is 0 Å². The number of amides is 2. The summed E-state index contributed by atoms with van der Waals surface area (Å²) in [6.07, 6.45) is 3.69. The number of hydrogen-bond acceptors (Lipinski definition) is 4. The van der Waals surface area contributed by atoms with Crippen molar-refractivity contribution in [3.8, 4) is 0 Å². The molecule has 1 aliphatic rings. The molecule has 2 amide bonds. The fourth-order valence-electron chi connectivity index (χ4n) is 2.07. The van der Waals surface area contributed by atoms with Gasteiger partial charge in [0.05, 0.1) is 6.61 Å². The molecule has 0 radical (unpaired) electrons. The minimum absolute atomic E-state index is 0.0364. The van der Waals surface area contributed by atoms with Gasteiger partial charge < -0.3 is 15.4 Å². The second-order valence-electron chi connectivity index (χ2n) is 5.19. The second-order valence-corrected chi connectivity index (χ2v) is 5.57. The molecular formula is C14H23ClN2O4. The zero-order chi connectivity index (χ0) is 15.7. The van der Waals surface area contributed by atoms with Crippen molar-refractivity contribution >= 4 is 29.4 Å². The van der Waals surface area contributed by atoms with Gasteiger partial charge in [0, 0.05) is 24.8 Å². The Labute approximate surface area is 129 Å². The second kappa shape index (κ2) is 9.60. The van der Waals surface area contributed by atoms with Crippen molar-refractivity contribution in [2.75, 3.05) is 12.5 Å². The number of rotatable bonds is 9. The average Bonchev–Trinajstić information content (AvgIpc) is 2.87. The first-order valence-corrected chi connectivity index (χ1v) is 7.87. The summed E-state index contributed by atoms with van der Waals surface area (Å²) in [6, 6.07) is -0.590. The molecule has 0 aromatic carbocycles. The standard InChI is InChI=1S/C14H23ClN2O4/c1-10(14(20)21-9-3-2-8-15)16-12(18)6-4-11-5-7-13(19)17-11/h10-11H,2-9H2,1H3,(H,16,18)(H,17,19)/t10-,11?/m0/s1. The van der Waals surface area contributed by atoms with Crippen LogP contribution in [0.2, 0.25) is 0 Å². The highest BCUT2D eigenvalue weighted by Gasteiger charge is 2.22. The largest absolute Gasteiger partial charge is 0.464 e. The Morgan fingerprint density at radius 1 is 1.48 bits per heavy atom. The first-order chi connectivity index (χ1) is 10.0. The molecule has 21 heavy (non-hydrogen) atoms. The summed E-state index contributed by atoms with van der Waals surface area (Å²) in [5, 5.41) is 5.41. The van der Waals surface area contributed by atoms with Gasteiger partial charge in [0.25, 0.3) is 0 Å². The van der Waals surface area contributed by atoms with Gasteiger partial charge >= 0.3 is 5.97 Å². The van der Waals surface area contributed by atoms with Crippen LogP contribution in [0.1, 0.15) is 45.4 Å². The molecule has 1 heterocycles. The Kier molecular flexibility index (Phi) is 8.12. The monoisotopic (exact) mass is 318 g/mol. The molecular weight excluding hydrogens is 296 g/mol. The van der Waals surface area contributed by atoms with Crippen LogP contribution < -0.4 is 10.6 Å².